The van der Waals surface area contributed by atoms with Gasteiger partial charge in [-0.1, -0.05) is 92.8 Å². The molecule has 3 N–H and O–H groups in total. The van der Waals surface area contributed by atoms with Crippen LogP contribution >= 0.6 is 0 Å². The smallest absolute Gasteiger partial charge is 0.305 e. The molecule has 0 bridgehead atoms. The number of hydrogen-bond acceptors (Lipinski definition) is 8. The predicted octanol–water partition coefficient (Wildman–Crippen LogP) is 5.25. The SMILES string of the molecule is COC(=O)CCCCCNC(=O)c1cc(C(=O)N[C@H]2CCCC[C@@H]2OCc2ccccc2)n(CC(=O)N[C@H]2CCCC[C@@H]2OCc2ccccc2)n1. The van der Waals surface area contributed by atoms with Crippen molar-refractivity contribution >= 4 is 23.7 Å². The fraction of sp³-hybridized carbons (Fsp3) is 0.525. The first-order valence-corrected chi connectivity index (χ1v) is 18.7. The minimum Gasteiger partial charge on any atom is -0.469 e. The second kappa shape index (κ2) is 20.5. The molecule has 12 nitrogen and oxygen atoms in total. The number of methoxy groups -OCH3 is 1. The van der Waals surface area contributed by atoms with Crippen LogP contribution in [0.2, 0.25) is 0 Å². The molecule has 3 aromatic rings. The molecule has 1 heterocycles. The van der Waals surface area contributed by atoms with Crippen LogP contribution in [0.3, 0.4) is 0 Å². The van der Waals surface area contributed by atoms with Crippen LogP contribution in [0.4, 0.5) is 0 Å². The third-order valence-electron chi connectivity index (χ3n) is 9.79. The Morgan fingerprint density at radius 2 is 1.31 bits per heavy atom. The molecule has 0 unspecified atom stereocenters. The first-order valence-electron chi connectivity index (χ1n) is 18.7. The zero-order chi connectivity index (χ0) is 36.5. The molecule has 2 aliphatic carbocycles. The van der Waals surface area contributed by atoms with Gasteiger partial charge in [0.1, 0.15) is 12.2 Å². The van der Waals surface area contributed by atoms with Crippen LogP contribution in [-0.2, 0) is 43.6 Å². The van der Waals surface area contributed by atoms with E-state index in [0.717, 1.165) is 68.9 Å². The molecule has 0 aliphatic heterocycles. The molecule has 280 valence electrons. The summed E-state index contributed by atoms with van der Waals surface area (Å²) in [6.45, 7) is 1.05. The van der Waals surface area contributed by atoms with Gasteiger partial charge in [0, 0.05) is 19.0 Å². The minimum atomic E-state index is -0.440. The average molecular weight is 716 g/mol. The number of aromatic nitrogens is 2. The summed E-state index contributed by atoms with van der Waals surface area (Å²) in [5, 5.41) is 13.6. The largest absolute Gasteiger partial charge is 0.469 e. The third-order valence-corrected chi connectivity index (χ3v) is 9.79. The summed E-state index contributed by atoms with van der Waals surface area (Å²) in [7, 11) is 1.36. The maximum atomic E-state index is 13.9. The number of amides is 3. The van der Waals surface area contributed by atoms with Crippen LogP contribution in [0.15, 0.2) is 66.7 Å². The number of hydrogen-bond donors (Lipinski definition) is 3. The van der Waals surface area contributed by atoms with Crippen molar-refractivity contribution in [3.8, 4) is 0 Å². The summed E-state index contributed by atoms with van der Waals surface area (Å²) in [6.07, 6.45) is 9.28. The summed E-state index contributed by atoms with van der Waals surface area (Å²) in [5.41, 5.74) is 2.32. The van der Waals surface area contributed by atoms with E-state index in [2.05, 4.69) is 25.8 Å². The lowest BCUT2D eigenvalue weighted by molar-refractivity contribution is -0.140. The van der Waals surface area contributed by atoms with E-state index in [-0.39, 0.29) is 54.1 Å². The van der Waals surface area contributed by atoms with Crippen molar-refractivity contribution in [1.82, 2.24) is 25.7 Å². The number of unbranched alkanes of at least 4 members (excludes halogenated alkanes) is 2. The highest BCUT2D eigenvalue weighted by Gasteiger charge is 2.31. The van der Waals surface area contributed by atoms with Crippen molar-refractivity contribution < 1.29 is 33.4 Å². The van der Waals surface area contributed by atoms with Gasteiger partial charge in [-0.2, -0.15) is 5.10 Å². The van der Waals surface area contributed by atoms with Crippen molar-refractivity contribution in [3.63, 3.8) is 0 Å². The summed E-state index contributed by atoms with van der Waals surface area (Å²) >= 11 is 0. The number of rotatable bonds is 18. The highest BCUT2D eigenvalue weighted by Crippen LogP contribution is 2.24. The summed E-state index contributed by atoms with van der Waals surface area (Å²) in [5.74, 6) is -1.42. The van der Waals surface area contributed by atoms with Gasteiger partial charge in [-0.15, -0.1) is 0 Å². The second-order valence-electron chi connectivity index (χ2n) is 13.7. The molecule has 2 saturated carbocycles. The van der Waals surface area contributed by atoms with Gasteiger partial charge in [-0.3, -0.25) is 19.2 Å². The van der Waals surface area contributed by atoms with Gasteiger partial charge in [0.15, 0.2) is 5.69 Å². The maximum absolute atomic E-state index is 13.9. The Morgan fingerprint density at radius 3 is 1.90 bits per heavy atom. The van der Waals surface area contributed by atoms with Crippen molar-refractivity contribution in [2.24, 2.45) is 0 Å². The van der Waals surface area contributed by atoms with Crippen LogP contribution in [-0.4, -0.2) is 71.4 Å². The van der Waals surface area contributed by atoms with Crippen molar-refractivity contribution in [1.29, 1.82) is 0 Å². The van der Waals surface area contributed by atoms with E-state index in [4.69, 9.17) is 9.47 Å². The van der Waals surface area contributed by atoms with E-state index in [1.54, 1.807) is 0 Å². The van der Waals surface area contributed by atoms with Crippen LogP contribution in [0.25, 0.3) is 0 Å². The molecule has 0 saturated heterocycles. The molecule has 5 rings (SSSR count). The topological polar surface area (TPSA) is 150 Å². The van der Waals surface area contributed by atoms with Crippen LogP contribution < -0.4 is 16.0 Å². The lowest BCUT2D eigenvalue weighted by Crippen LogP contribution is -2.48. The number of carbonyl (C=O) groups is 4. The van der Waals surface area contributed by atoms with Gasteiger partial charge < -0.3 is 30.2 Å². The van der Waals surface area contributed by atoms with Crippen LogP contribution in [0.5, 0.6) is 0 Å². The standard InChI is InChI=1S/C40H53N5O7/c1-50-38(47)23-9-4-14-24-41-39(48)33-25-34(40(49)43-32-20-11-13-22-36(32)52-28-30-17-7-3-8-18-30)45(44-33)26-37(46)42-31-19-10-12-21-35(31)51-27-29-15-5-2-6-16-29/h2-3,5-8,15-18,25,31-32,35-36H,4,9-14,19-24,26-28H2,1H3,(H,41,48)(H,42,46)(H,43,49)/t31-,32-,35-,36-/m0/s1. The first-order chi connectivity index (χ1) is 25.4. The number of nitrogens with zero attached hydrogens (tertiary/aromatic N) is 2. The number of esters is 1. The van der Waals surface area contributed by atoms with E-state index < -0.39 is 11.8 Å². The van der Waals surface area contributed by atoms with Crippen LogP contribution in [0, 0.1) is 0 Å². The lowest BCUT2D eigenvalue weighted by atomic mass is 9.92. The Morgan fingerprint density at radius 1 is 0.731 bits per heavy atom. The zero-order valence-electron chi connectivity index (χ0n) is 30.2. The number of benzene rings is 2. The molecule has 0 spiro atoms. The maximum Gasteiger partial charge on any atom is 0.305 e. The highest BCUT2D eigenvalue weighted by molar-refractivity contribution is 5.98. The Kier molecular flexibility index (Phi) is 15.2. The number of nitrogens with one attached hydrogen (secondary N) is 3. The molecule has 52 heavy (non-hydrogen) atoms. The Labute approximate surface area is 306 Å². The van der Waals surface area contributed by atoms with E-state index in [1.165, 1.54) is 17.9 Å². The first kappa shape index (κ1) is 38.7. The summed E-state index contributed by atoms with van der Waals surface area (Å²) in [6, 6.07) is 20.9. The number of carbonyl (C=O) groups excluding carboxylic acids is 4. The minimum absolute atomic E-state index is 0.0507. The summed E-state index contributed by atoms with van der Waals surface area (Å²) in [4.78, 5) is 52.0. The van der Waals surface area contributed by atoms with Gasteiger partial charge in [-0.05, 0) is 49.7 Å². The van der Waals surface area contributed by atoms with Crippen molar-refractivity contribution in [2.75, 3.05) is 13.7 Å². The van der Waals surface area contributed by atoms with Gasteiger partial charge >= 0.3 is 5.97 Å². The lowest BCUT2D eigenvalue weighted by Gasteiger charge is -2.32. The van der Waals surface area contributed by atoms with Gasteiger partial charge in [0.05, 0.1) is 44.6 Å². The molecule has 2 aliphatic rings. The third kappa shape index (κ3) is 12.0. The molecule has 2 aromatic carbocycles. The highest BCUT2D eigenvalue weighted by atomic mass is 16.5. The molecule has 1 aromatic heterocycles. The van der Waals surface area contributed by atoms with Gasteiger partial charge in [-0.25, -0.2) is 4.68 Å². The Balaban J connectivity index is 1.24. The van der Waals surface area contributed by atoms with E-state index in [1.807, 2.05) is 60.7 Å². The van der Waals surface area contributed by atoms with Gasteiger partial charge in [0.2, 0.25) is 5.91 Å². The normalized spacial score (nSPS) is 20.1. The fourth-order valence-electron chi connectivity index (χ4n) is 6.91. The van der Waals surface area contributed by atoms with Gasteiger partial charge in [0.25, 0.3) is 11.8 Å². The Hall–Kier alpha value is -4.55. The average Bonchev–Trinajstić information content (AvgIpc) is 3.60. The molecule has 0 radical (unpaired) electrons. The molecular formula is C40H53N5O7. The molecule has 3 amide bonds. The van der Waals surface area contributed by atoms with Crippen molar-refractivity contribution in [2.45, 2.75) is 121 Å². The van der Waals surface area contributed by atoms with E-state index in [0.29, 0.717) is 39.0 Å². The monoisotopic (exact) mass is 715 g/mol. The van der Waals surface area contributed by atoms with Crippen LogP contribution in [0.1, 0.15) is 109 Å². The summed E-state index contributed by atoms with van der Waals surface area (Å²) < 4.78 is 18.6. The fourth-order valence-corrected chi connectivity index (χ4v) is 6.91. The molecule has 12 heteroatoms. The molecular weight excluding hydrogens is 662 g/mol. The van der Waals surface area contributed by atoms with Crippen molar-refractivity contribution in [3.05, 3.63) is 89.2 Å². The number of ether oxygens (including phenoxy) is 3. The predicted molar refractivity (Wildman–Crippen MR) is 195 cm³/mol. The Bertz CT molecular complexity index is 1580. The van der Waals surface area contributed by atoms with E-state index in [9.17, 15) is 19.2 Å². The molecule has 2 fully saturated rings. The quantitative estimate of drug-likeness (QED) is 0.120. The molecule has 4 atom stereocenters. The second-order valence-corrected chi connectivity index (χ2v) is 13.7. The van der Waals surface area contributed by atoms with E-state index >= 15 is 0 Å². The zero-order valence-corrected chi connectivity index (χ0v) is 30.2.